The number of hydrogen-bond acceptors (Lipinski definition) is 3. The summed E-state index contributed by atoms with van der Waals surface area (Å²) in [7, 11) is 1.66. The molecule has 0 heterocycles. The van der Waals surface area contributed by atoms with Crippen LogP contribution in [0.4, 0.5) is 0 Å². The van der Waals surface area contributed by atoms with Gasteiger partial charge in [-0.2, -0.15) is 0 Å². The molecule has 0 aliphatic heterocycles. The maximum atomic E-state index is 5.60. The highest BCUT2D eigenvalue weighted by Gasteiger charge is 2.08. The zero-order chi connectivity index (χ0) is 12.7. The third-order valence-corrected chi connectivity index (χ3v) is 2.26. The van der Waals surface area contributed by atoms with Crippen LogP contribution < -0.4 is 14.8 Å². The molecule has 0 fully saturated rings. The van der Waals surface area contributed by atoms with Crippen LogP contribution >= 0.6 is 0 Å². The Bertz CT molecular complexity index is 314. The van der Waals surface area contributed by atoms with Gasteiger partial charge in [-0.3, -0.25) is 0 Å². The van der Waals surface area contributed by atoms with E-state index >= 15 is 0 Å². The van der Waals surface area contributed by atoms with Crippen molar-refractivity contribution in [2.24, 2.45) is 5.41 Å². The van der Waals surface area contributed by atoms with Gasteiger partial charge in [-0.05, 0) is 29.7 Å². The molecule has 0 unspecified atom stereocenters. The van der Waals surface area contributed by atoms with Crippen LogP contribution in [0.1, 0.15) is 20.8 Å². The first-order valence-electron chi connectivity index (χ1n) is 5.99. The van der Waals surface area contributed by atoms with Gasteiger partial charge in [0, 0.05) is 13.1 Å². The van der Waals surface area contributed by atoms with Crippen molar-refractivity contribution >= 4 is 0 Å². The van der Waals surface area contributed by atoms with Crippen LogP contribution in [-0.4, -0.2) is 26.8 Å². The largest absolute Gasteiger partial charge is 0.497 e. The van der Waals surface area contributed by atoms with Crippen LogP contribution in [0.15, 0.2) is 24.3 Å². The number of methoxy groups -OCH3 is 1. The molecule has 0 aliphatic carbocycles. The summed E-state index contributed by atoms with van der Waals surface area (Å²) in [6, 6.07) is 7.64. The molecule has 0 aliphatic rings. The van der Waals surface area contributed by atoms with Crippen LogP contribution in [0, 0.1) is 5.41 Å². The predicted octanol–water partition coefficient (Wildman–Crippen LogP) is 2.71. The highest BCUT2D eigenvalue weighted by Crippen LogP contribution is 2.16. The monoisotopic (exact) mass is 237 g/mol. The standard InChI is InChI=1S/C14H23NO2/c1-14(2,3)11-15-9-10-17-13-7-5-12(16-4)6-8-13/h5-8,15H,9-11H2,1-4H3. The van der Waals surface area contributed by atoms with Crippen molar-refractivity contribution < 1.29 is 9.47 Å². The molecular weight excluding hydrogens is 214 g/mol. The normalized spacial score (nSPS) is 11.3. The molecule has 17 heavy (non-hydrogen) atoms. The van der Waals surface area contributed by atoms with Crippen molar-refractivity contribution in [3.63, 3.8) is 0 Å². The summed E-state index contributed by atoms with van der Waals surface area (Å²) < 4.78 is 10.7. The fraction of sp³-hybridized carbons (Fsp3) is 0.571. The molecule has 0 amide bonds. The minimum Gasteiger partial charge on any atom is -0.497 e. The maximum Gasteiger partial charge on any atom is 0.119 e. The van der Waals surface area contributed by atoms with E-state index in [0.29, 0.717) is 12.0 Å². The summed E-state index contributed by atoms with van der Waals surface area (Å²) >= 11 is 0. The van der Waals surface area contributed by atoms with Gasteiger partial charge in [0.2, 0.25) is 0 Å². The Kier molecular flexibility index (Phi) is 5.29. The molecule has 96 valence electrons. The average Bonchev–Trinajstić information content (AvgIpc) is 2.28. The molecule has 0 atom stereocenters. The predicted molar refractivity (Wildman–Crippen MR) is 70.8 cm³/mol. The van der Waals surface area contributed by atoms with E-state index in [1.807, 2.05) is 24.3 Å². The van der Waals surface area contributed by atoms with Gasteiger partial charge in [0.1, 0.15) is 18.1 Å². The Morgan fingerprint density at radius 1 is 1.06 bits per heavy atom. The second-order valence-electron chi connectivity index (χ2n) is 5.26. The van der Waals surface area contributed by atoms with E-state index < -0.39 is 0 Å². The summed E-state index contributed by atoms with van der Waals surface area (Å²) in [6.45, 7) is 9.18. The summed E-state index contributed by atoms with van der Waals surface area (Å²) in [4.78, 5) is 0. The molecule has 1 aromatic carbocycles. The topological polar surface area (TPSA) is 30.5 Å². The zero-order valence-electron chi connectivity index (χ0n) is 11.2. The van der Waals surface area contributed by atoms with Gasteiger partial charge in [0.05, 0.1) is 7.11 Å². The molecule has 0 saturated carbocycles. The van der Waals surface area contributed by atoms with E-state index in [4.69, 9.17) is 9.47 Å². The second kappa shape index (κ2) is 6.50. The van der Waals surface area contributed by atoms with Crippen molar-refractivity contribution in [1.29, 1.82) is 0 Å². The molecule has 1 aromatic rings. The molecule has 1 rings (SSSR count). The fourth-order valence-electron chi connectivity index (χ4n) is 1.38. The number of ether oxygens (including phenoxy) is 2. The lowest BCUT2D eigenvalue weighted by Gasteiger charge is -2.18. The van der Waals surface area contributed by atoms with Crippen LogP contribution in [-0.2, 0) is 0 Å². The van der Waals surface area contributed by atoms with Crippen LogP contribution in [0.5, 0.6) is 11.5 Å². The van der Waals surface area contributed by atoms with E-state index in [0.717, 1.165) is 24.6 Å². The van der Waals surface area contributed by atoms with E-state index in [9.17, 15) is 0 Å². The Hall–Kier alpha value is -1.22. The first kappa shape index (κ1) is 13.8. The molecule has 3 nitrogen and oxygen atoms in total. The van der Waals surface area contributed by atoms with E-state index in [-0.39, 0.29) is 0 Å². The van der Waals surface area contributed by atoms with Crippen molar-refractivity contribution in [3.8, 4) is 11.5 Å². The van der Waals surface area contributed by atoms with Gasteiger partial charge in [-0.1, -0.05) is 20.8 Å². The lowest BCUT2D eigenvalue weighted by Crippen LogP contribution is -2.30. The van der Waals surface area contributed by atoms with E-state index in [2.05, 4.69) is 26.1 Å². The number of benzene rings is 1. The van der Waals surface area contributed by atoms with Crippen molar-refractivity contribution in [1.82, 2.24) is 5.32 Å². The van der Waals surface area contributed by atoms with Crippen LogP contribution in [0.3, 0.4) is 0 Å². The van der Waals surface area contributed by atoms with Gasteiger partial charge in [0.15, 0.2) is 0 Å². The quantitative estimate of drug-likeness (QED) is 0.772. The van der Waals surface area contributed by atoms with Crippen molar-refractivity contribution in [2.45, 2.75) is 20.8 Å². The Balaban J connectivity index is 2.18. The van der Waals surface area contributed by atoms with Crippen LogP contribution in [0.2, 0.25) is 0 Å². The van der Waals surface area contributed by atoms with Gasteiger partial charge in [-0.25, -0.2) is 0 Å². The van der Waals surface area contributed by atoms with Crippen molar-refractivity contribution in [2.75, 3.05) is 26.8 Å². The molecule has 1 N–H and O–H groups in total. The first-order chi connectivity index (χ1) is 8.01. The summed E-state index contributed by atoms with van der Waals surface area (Å²) in [6.07, 6.45) is 0. The Morgan fingerprint density at radius 2 is 1.65 bits per heavy atom. The van der Waals surface area contributed by atoms with Gasteiger partial charge >= 0.3 is 0 Å². The van der Waals surface area contributed by atoms with Gasteiger partial charge < -0.3 is 14.8 Å². The summed E-state index contributed by atoms with van der Waals surface area (Å²) in [5, 5.41) is 3.37. The maximum absolute atomic E-state index is 5.60. The van der Waals surface area contributed by atoms with Gasteiger partial charge in [0.25, 0.3) is 0 Å². The molecule has 0 bridgehead atoms. The lowest BCUT2D eigenvalue weighted by molar-refractivity contribution is 0.296. The number of hydrogen-bond donors (Lipinski definition) is 1. The molecule has 0 radical (unpaired) electrons. The van der Waals surface area contributed by atoms with Crippen molar-refractivity contribution in [3.05, 3.63) is 24.3 Å². The Morgan fingerprint density at radius 3 is 2.18 bits per heavy atom. The van der Waals surface area contributed by atoms with Crippen LogP contribution in [0.25, 0.3) is 0 Å². The SMILES string of the molecule is COc1ccc(OCCNCC(C)(C)C)cc1. The smallest absolute Gasteiger partial charge is 0.119 e. The first-order valence-corrected chi connectivity index (χ1v) is 5.99. The molecule has 0 spiro atoms. The Labute approximate surface area is 104 Å². The lowest BCUT2D eigenvalue weighted by atomic mass is 9.97. The molecule has 0 saturated heterocycles. The highest BCUT2D eigenvalue weighted by atomic mass is 16.5. The van der Waals surface area contributed by atoms with Gasteiger partial charge in [-0.15, -0.1) is 0 Å². The summed E-state index contributed by atoms with van der Waals surface area (Å²) in [5.41, 5.74) is 0.320. The zero-order valence-corrected chi connectivity index (χ0v) is 11.2. The third-order valence-electron chi connectivity index (χ3n) is 2.26. The minimum atomic E-state index is 0.320. The molecule has 0 aromatic heterocycles. The number of nitrogens with one attached hydrogen (secondary N) is 1. The third kappa shape index (κ3) is 6.17. The summed E-state index contributed by atoms with van der Waals surface area (Å²) in [5.74, 6) is 1.73. The highest BCUT2D eigenvalue weighted by molar-refractivity contribution is 5.31. The second-order valence-corrected chi connectivity index (χ2v) is 5.26. The average molecular weight is 237 g/mol. The number of rotatable bonds is 6. The minimum absolute atomic E-state index is 0.320. The molecule has 3 heteroatoms. The van der Waals surface area contributed by atoms with E-state index in [1.165, 1.54) is 0 Å². The fourth-order valence-corrected chi connectivity index (χ4v) is 1.38. The van der Waals surface area contributed by atoms with E-state index in [1.54, 1.807) is 7.11 Å². The molecular formula is C14H23NO2.